The van der Waals surface area contributed by atoms with E-state index in [4.69, 9.17) is 4.98 Å². The number of likely N-dealkylation sites (tertiary alicyclic amines) is 1. The highest BCUT2D eigenvalue weighted by atomic mass is 16.2. The number of rotatable bonds is 11. The topological polar surface area (TPSA) is 129 Å². The van der Waals surface area contributed by atoms with E-state index in [1.807, 2.05) is 18.3 Å². The molecule has 4 aliphatic rings. The third-order valence-electron chi connectivity index (χ3n) is 12.6. The molecule has 1 atom stereocenters. The highest BCUT2D eigenvalue weighted by molar-refractivity contribution is 6.01. The molecule has 1 aromatic carbocycles. The lowest BCUT2D eigenvalue weighted by Crippen LogP contribution is -2.41. The lowest BCUT2D eigenvalue weighted by molar-refractivity contribution is -0.134. The van der Waals surface area contributed by atoms with Gasteiger partial charge in [0.25, 0.3) is 5.91 Å². The van der Waals surface area contributed by atoms with E-state index in [1.165, 1.54) is 62.9 Å². The van der Waals surface area contributed by atoms with Gasteiger partial charge in [-0.3, -0.25) is 19.7 Å². The number of anilines is 3. The predicted molar refractivity (Wildman–Crippen MR) is 215 cm³/mol. The zero-order chi connectivity index (χ0) is 37.9. The summed E-state index contributed by atoms with van der Waals surface area (Å²) in [7, 11) is 3.58. The molecule has 1 saturated carbocycles. The van der Waals surface area contributed by atoms with Gasteiger partial charge in [0.2, 0.25) is 17.8 Å². The number of nitrogens with zero attached hydrogens (tertiary/aromatic N) is 7. The summed E-state index contributed by atoms with van der Waals surface area (Å²) in [4.78, 5) is 57.8. The van der Waals surface area contributed by atoms with Gasteiger partial charge in [-0.05, 0) is 125 Å². The minimum atomic E-state index is -0.225. The van der Waals surface area contributed by atoms with Crippen LogP contribution in [0.5, 0.6) is 0 Å². The van der Waals surface area contributed by atoms with Gasteiger partial charge in [-0.15, -0.1) is 0 Å². The summed E-state index contributed by atoms with van der Waals surface area (Å²) in [5.74, 6) is 2.24. The number of piperidine rings is 3. The van der Waals surface area contributed by atoms with Crippen molar-refractivity contribution in [2.24, 2.45) is 11.8 Å². The van der Waals surface area contributed by atoms with Crippen LogP contribution < -0.4 is 15.5 Å². The molecule has 55 heavy (non-hydrogen) atoms. The van der Waals surface area contributed by atoms with Crippen LogP contribution in [-0.4, -0.2) is 93.9 Å². The molecule has 4 aromatic rings. The van der Waals surface area contributed by atoms with Crippen molar-refractivity contribution < 1.29 is 14.4 Å². The second kappa shape index (κ2) is 16.5. The van der Waals surface area contributed by atoms with E-state index in [1.54, 1.807) is 25.2 Å². The summed E-state index contributed by atoms with van der Waals surface area (Å²) >= 11 is 0. The summed E-state index contributed by atoms with van der Waals surface area (Å²) in [5, 5.41) is 6.65. The molecule has 1 aliphatic carbocycles. The van der Waals surface area contributed by atoms with Gasteiger partial charge in [0, 0.05) is 63.1 Å². The molecule has 0 bridgehead atoms. The molecule has 3 aromatic heterocycles. The highest BCUT2D eigenvalue weighted by Crippen LogP contribution is 2.36. The molecule has 12 heteroatoms. The number of hydrogen-bond donors (Lipinski definition) is 2. The van der Waals surface area contributed by atoms with E-state index in [0.29, 0.717) is 30.3 Å². The standard InChI is InChI=1S/C43H55N9O3/c1-49(2)42(55)37-26-33-28-45-43(48-40(33)52(37)35-7-3-4-8-35)46-38-15-9-29(27-44-38)6-5-21-50-22-17-30(18-23-50)31-19-24-51(25-20-31)34-12-10-32(11-13-34)36-14-16-39(53)47-41(36)54/h9-13,15,26-28,30-31,35-36H,3-8,14,16-25H2,1-2H3,(H,47,53,54)(H,44,45,46,48). The van der Waals surface area contributed by atoms with E-state index in [2.05, 4.69) is 65.3 Å². The molecule has 290 valence electrons. The van der Waals surface area contributed by atoms with Crippen molar-refractivity contribution in [3.63, 3.8) is 0 Å². The Morgan fingerprint density at radius 2 is 1.60 bits per heavy atom. The van der Waals surface area contributed by atoms with Crippen molar-refractivity contribution in [3.8, 4) is 0 Å². The Bertz CT molecular complexity index is 1970. The fourth-order valence-electron chi connectivity index (χ4n) is 9.47. The number of amides is 3. The monoisotopic (exact) mass is 745 g/mol. The van der Waals surface area contributed by atoms with E-state index < -0.39 is 0 Å². The van der Waals surface area contributed by atoms with Gasteiger partial charge in [0.15, 0.2) is 0 Å². The first-order valence-corrected chi connectivity index (χ1v) is 20.5. The maximum absolute atomic E-state index is 13.0. The van der Waals surface area contributed by atoms with Gasteiger partial charge in [0.1, 0.15) is 17.2 Å². The molecule has 0 spiro atoms. The zero-order valence-electron chi connectivity index (χ0n) is 32.4. The molecule has 3 amide bonds. The summed E-state index contributed by atoms with van der Waals surface area (Å²) in [6.45, 7) is 5.66. The summed E-state index contributed by atoms with van der Waals surface area (Å²) in [6, 6.07) is 14.8. The highest BCUT2D eigenvalue weighted by Gasteiger charge is 2.31. The number of fused-ring (bicyclic) bond motifs is 1. The van der Waals surface area contributed by atoms with Crippen molar-refractivity contribution in [2.75, 3.05) is 57.0 Å². The fraction of sp³-hybridized carbons (Fsp3) is 0.535. The smallest absolute Gasteiger partial charge is 0.270 e. The van der Waals surface area contributed by atoms with Crippen LogP contribution >= 0.6 is 0 Å². The average Bonchev–Trinajstić information content (AvgIpc) is 3.87. The number of carbonyl (C=O) groups is 3. The Morgan fingerprint density at radius 3 is 2.27 bits per heavy atom. The van der Waals surface area contributed by atoms with Crippen LogP contribution in [0.25, 0.3) is 11.0 Å². The van der Waals surface area contributed by atoms with Gasteiger partial charge in [-0.25, -0.2) is 9.97 Å². The fourth-order valence-corrected chi connectivity index (χ4v) is 9.47. The van der Waals surface area contributed by atoms with Crippen molar-refractivity contribution >= 4 is 46.2 Å². The normalized spacial score (nSPS) is 20.6. The van der Waals surface area contributed by atoms with Crippen LogP contribution in [0.2, 0.25) is 0 Å². The molecular formula is C43H55N9O3. The molecule has 3 aliphatic heterocycles. The molecule has 1 unspecified atom stereocenters. The number of aromatic nitrogens is 4. The summed E-state index contributed by atoms with van der Waals surface area (Å²) in [6.07, 6.45) is 16.4. The summed E-state index contributed by atoms with van der Waals surface area (Å²) in [5.41, 5.74) is 4.94. The number of carbonyl (C=O) groups excluding carboxylic acids is 3. The Labute approximate surface area is 324 Å². The number of hydrogen-bond acceptors (Lipinski definition) is 9. The van der Waals surface area contributed by atoms with Gasteiger partial charge in [-0.2, -0.15) is 4.98 Å². The number of pyridine rings is 1. The molecule has 0 radical (unpaired) electrons. The Kier molecular flexibility index (Phi) is 11.1. The molecule has 8 rings (SSSR count). The first-order chi connectivity index (χ1) is 26.8. The van der Waals surface area contributed by atoms with Crippen LogP contribution in [0.4, 0.5) is 17.5 Å². The van der Waals surface area contributed by atoms with E-state index in [0.717, 1.165) is 73.8 Å². The maximum atomic E-state index is 13.0. The molecule has 3 saturated heterocycles. The third-order valence-corrected chi connectivity index (χ3v) is 12.6. The molecule has 12 nitrogen and oxygen atoms in total. The van der Waals surface area contributed by atoms with Crippen LogP contribution in [0.1, 0.15) is 104 Å². The quantitative estimate of drug-likeness (QED) is 0.166. The van der Waals surface area contributed by atoms with Crippen LogP contribution in [0.15, 0.2) is 54.9 Å². The van der Waals surface area contributed by atoms with Crippen molar-refractivity contribution in [2.45, 2.75) is 89.0 Å². The average molecular weight is 746 g/mol. The minimum Gasteiger partial charge on any atom is -0.372 e. The van der Waals surface area contributed by atoms with Gasteiger partial charge < -0.3 is 24.6 Å². The lowest BCUT2D eigenvalue weighted by atomic mass is 9.78. The predicted octanol–water partition coefficient (Wildman–Crippen LogP) is 6.47. The van der Waals surface area contributed by atoms with E-state index >= 15 is 0 Å². The number of imide groups is 1. The van der Waals surface area contributed by atoms with Crippen LogP contribution in [0.3, 0.4) is 0 Å². The Hall–Kier alpha value is -4.84. The van der Waals surface area contributed by atoms with Gasteiger partial charge in [0.05, 0.1) is 5.92 Å². The number of aryl methyl sites for hydroxylation is 1. The molecule has 2 N–H and O–H groups in total. The maximum Gasteiger partial charge on any atom is 0.270 e. The largest absolute Gasteiger partial charge is 0.372 e. The van der Waals surface area contributed by atoms with E-state index in [-0.39, 0.29) is 29.7 Å². The Balaban J connectivity index is 0.768. The Morgan fingerprint density at radius 1 is 0.873 bits per heavy atom. The van der Waals surface area contributed by atoms with Gasteiger partial charge in [-0.1, -0.05) is 31.0 Å². The molecule has 4 fully saturated rings. The first-order valence-electron chi connectivity index (χ1n) is 20.5. The van der Waals surface area contributed by atoms with Crippen molar-refractivity contribution in [3.05, 3.63) is 71.7 Å². The van der Waals surface area contributed by atoms with Crippen LogP contribution in [-0.2, 0) is 16.0 Å². The molecule has 6 heterocycles. The minimum absolute atomic E-state index is 0.0101. The molecular weight excluding hydrogens is 691 g/mol. The van der Waals surface area contributed by atoms with Crippen molar-refractivity contribution in [1.82, 2.24) is 34.6 Å². The summed E-state index contributed by atoms with van der Waals surface area (Å²) < 4.78 is 2.14. The number of nitrogens with one attached hydrogen (secondary N) is 2. The van der Waals surface area contributed by atoms with Gasteiger partial charge >= 0.3 is 0 Å². The SMILES string of the molecule is CN(C)C(=O)c1cc2cnc(Nc3ccc(CCCN4CCC(C5CCN(c6ccc(C7CCC(=O)NC7=O)cc6)CC5)CC4)cn3)nc2n1C1CCCC1. The second-order valence-electron chi connectivity index (χ2n) is 16.4. The number of benzene rings is 1. The zero-order valence-corrected chi connectivity index (χ0v) is 32.4. The van der Waals surface area contributed by atoms with Crippen molar-refractivity contribution in [1.29, 1.82) is 0 Å². The second-order valence-corrected chi connectivity index (χ2v) is 16.4. The third kappa shape index (κ3) is 8.39. The lowest BCUT2D eigenvalue weighted by Gasteiger charge is -2.41. The first kappa shape index (κ1) is 37.1. The van der Waals surface area contributed by atoms with E-state index in [9.17, 15) is 14.4 Å². The van der Waals surface area contributed by atoms with Crippen LogP contribution in [0, 0.1) is 11.8 Å².